The highest BCUT2D eigenvalue weighted by molar-refractivity contribution is 5.44. The van der Waals surface area contributed by atoms with Crippen LogP contribution in [0.1, 0.15) is 26.5 Å². The third kappa shape index (κ3) is 2.87. The van der Waals surface area contributed by atoms with Gasteiger partial charge >= 0.3 is 0 Å². The van der Waals surface area contributed by atoms with Crippen LogP contribution in [0.5, 0.6) is 0 Å². The number of anilines is 1. The lowest BCUT2D eigenvalue weighted by atomic mass is 10.1. The number of benzene rings is 1. The van der Waals surface area contributed by atoms with E-state index in [1.807, 2.05) is 31.3 Å². The molecule has 3 heteroatoms. The molecular formula is C14H19N3. The number of nitrogens with one attached hydrogen (secondary N) is 1. The molecule has 0 atom stereocenters. The Kier molecular flexibility index (Phi) is 2.92. The van der Waals surface area contributed by atoms with E-state index in [1.165, 1.54) is 0 Å². The van der Waals surface area contributed by atoms with Crippen molar-refractivity contribution in [2.75, 3.05) is 5.32 Å². The van der Waals surface area contributed by atoms with Gasteiger partial charge in [-0.2, -0.15) is 0 Å². The van der Waals surface area contributed by atoms with Crippen LogP contribution in [0.3, 0.4) is 0 Å². The number of para-hydroxylation sites is 1. The highest BCUT2D eigenvalue weighted by atomic mass is 15.2. The number of aromatic nitrogens is 2. The Morgan fingerprint density at radius 2 is 1.76 bits per heavy atom. The summed E-state index contributed by atoms with van der Waals surface area (Å²) in [5, 5.41) is 3.42. The van der Waals surface area contributed by atoms with Crippen molar-refractivity contribution in [2.45, 2.75) is 33.2 Å². The molecule has 1 aromatic heterocycles. The Morgan fingerprint density at radius 3 is 2.35 bits per heavy atom. The summed E-state index contributed by atoms with van der Waals surface area (Å²) in [6, 6.07) is 10.2. The molecule has 2 rings (SSSR count). The summed E-state index contributed by atoms with van der Waals surface area (Å²) in [6.07, 6.45) is 2.05. The Morgan fingerprint density at radius 1 is 1.12 bits per heavy atom. The van der Waals surface area contributed by atoms with Gasteiger partial charge in [-0.1, -0.05) is 18.2 Å². The Hall–Kier alpha value is -1.77. The van der Waals surface area contributed by atoms with Crippen LogP contribution in [0.25, 0.3) is 5.69 Å². The van der Waals surface area contributed by atoms with Gasteiger partial charge in [-0.25, -0.2) is 4.98 Å². The monoisotopic (exact) mass is 229 g/mol. The molecule has 1 heterocycles. The zero-order valence-corrected chi connectivity index (χ0v) is 10.9. The van der Waals surface area contributed by atoms with E-state index in [9.17, 15) is 0 Å². The number of imidazole rings is 1. The molecule has 0 fully saturated rings. The average Bonchev–Trinajstić information content (AvgIpc) is 2.58. The largest absolute Gasteiger partial charge is 0.351 e. The van der Waals surface area contributed by atoms with Gasteiger partial charge in [0.05, 0.1) is 5.69 Å². The molecule has 0 saturated carbocycles. The van der Waals surface area contributed by atoms with Crippen LogP contribution >= 0.6 is 0 Å². The van der Waals surface area contributed by atoms with Gasteiger partial charge in [-0.05, 0) is 39.8 Å². The molecule has 0 spiro atoms. The molecule has 0 aliphatic carbocycles. The summed E-state index contributed by atoms with van der Waals surface area (Å²) in [4.78, 5) is 4.52. The third-order valence-corrected chi connectivity index (χ3v) is 2.35. The van der Waals surface area contributed by atoms with Crippen LogP contribution in [0.2, 0.25) is 0 Å². The molecule has 0 radical (unpaired) electrons. The van der Waals surface area contributed by atoms with E-state index >= 15 is 0 Å². The molecule has 2 aromatic rings. The average molecular weight is 229 g/mol. The van der Waals surface area contributed by atoms with Gasteiger partial charge in [0.1, 0.15) is 0 Å². The molecule has 0 aliphatic rings. The zero-order valence-electron chi connectivity index (χ0n) is 10.9. The van der Waals surface area contributed by atoms with Crippen molar-refractivity contribution >= 4 is 5.95 Å². The van der Waals surface area contributed by atoms with Crippen molar-refractivity contribution < 1.29 is 0 Å². The highest BCUT2D eigenvalue weighted by Crippen LogP contribution is 2.19. The maximum absolute atomic E-state index is 4.52. The van der Waals surface area contributed by atoms with E-state index in [0.717, 1.165) is 17.3 Å². The van der Waals surface area contributed by atoms with E-state index in [4.69, 9.17) is 0 Å². The molecular weight excluding hydrogens is 210 g/mol. The van der Waals surface area contributed by atoms with Crippen LogP contribution in [0, 0.1) is 6.92 Å². The predicted molar refractivity (Wildman–Crippen MR) is 71.7 cm³/mol. The first-order valence-electron chi connectivity index (χ1n) is 5.85. The van der Waals surface area contributed by atoms with Crippen LogP contribution in [-0.2, 0) is 0 Å². The summed E-state index contributed by atoms with van der Waals surface area (Å²) in [5.41, 5.74) is 2.14. The van der Waals surface area contributed by atoms with E-state index in [-0.39, 0.29) is 5.54 Å². The van der Waals surface area contributed by atoms with Gasteiger partial charge in [0.25, 0.3) is 0 Å². The minimum atomic E-state index is 0.00429. The SMILES string of the molecule is Cc1cn(-c2ccccc2)c(NC(C)(C)C)n1. The number of hydrogen-bond donors (Lipinski definition) is 1. The van der Waals surface area contributed by atoms with Crippen LogP contribution in [0.15, 0.2) is 36.5 Å². The molecule has 3 nitrogen and oxygen atoms in total. The van der Waals surface area contributed by atoms with E-state index < -0.39 is 0 Å². The Bertz CT molecular complexity index is 492. The molecule has 90 valence electrons. The lowest BCUT2D eigenvalue weighted by Gasteiger charge is -2.22. The molecule has 1 N–H and O–H groups in total. The number of rotatable bonds is 2. The summed E-state index contributed by atoms with van der Waals surface area (Å²) in [7, 11) is 0. The molecule has 0 saturated heterocycles. The third-order valence-electron chi connectivity index (χ3n) is 2.35. The second kappa shape index (κ2) is 4.24. The normalized spacial score (nSPS) is 11.5. The standard InChI is InChI=1S/C14H19N3/c1-11-10-17(12-8-6-5-7-9-12)13(15-11)16-14(2,3)4/h5-10H,1-4H3,(H,15,16). The second-order valence-corrected chi connectivity index (χ2v) is 5.29. The van der Waals surface area contributed by atoms with Crippen molar-refractivity contribution in [3.05, 3.63) is 42.2 Å². The van der Waals surface area contributed by atoms with E-state index in [1.54, 1.807) is 0 Å². The summed E-state index contributed by atoms with van der Waals surface area (Å²) in [5.74, 6) is 0.890. The minimum Gasteiger partial charge on any atom is -0.351 e. The van der Waals surface area contributed by atoms with Crippen molar-refractivity contribution in [1.82, 2.24) is 9.55 Å². The fourth-order valence-corrected chi connectivity index (χ4v) is 1.71. The fourth-order valence-electron chi connectivity index (χ4n) is 1.71. The van der Waals surface area contributed by atoms with E-state index in [2.05, 4.69) is 47.8 Å². The van der Waals surface area contributed by atoms with Crippen molar-refractivity contribution in [3.8, 4) is 5.69 Å². The summed E-state index contributed by atoms with van der Waals surface area (Å²) < 4.78 is 2.08. The Labute approximate surface area is 103 Å². The molecule has 0 unspecified atom stereocenters. The topological polar surface area (TPSA) is 29.9 Å². The minimum absolute atomic E-state index is 0.00429. The molecule has 1 aromatic carbocycles. The number of nitrogens with zero attached hydrogens (tertiary/aromatic N) is 2. The first-order valence-corrected chi connectivity index (χ1v) is 5.85. The number of hydrogen-bond acceptors (Lipinski definition) is 2. The van der Waals surface area contributed by atoms with Gasteiger partial charge < -0.3 is 5.32 Å². The maximum Gasteiger partial charge on any atom is 0.208 e. The lowest BCUT2D eigenvalue weighted by Crippen LogP contribution is -2.27. The van der Waals surface area contributed by atoms with Gasteiger partial charge in [0, 0.05) is 17.4 Å². The van der Waals surface area contributed by atoms with Crippen LogP contribution < -0.4 is 5.32 Å². The van der Waals surface area contributed by atoms with Gasteiger partial charge in [0.15, 0.2) is 0 Å². The quantitative estimate of drug-likeness (QED) is 0.855. The first kappa shape index (κ1) is 11.7. The maximum atomic E-state index is 4.52. The summed E-state index contributed by atoms with van der Waals surface area (Å²) >= 11 is 0. The smallest absolute Gasteiger partial charge is 0.208 e. The molecule has 17 heavy (non-hydrogen) atoms. The Balaban J connectivity index is 2.41. The van der Waals surface area contributed by atoms with Crippen molar-refractivity contribution in [1.29, 1.82) is 0 Å². The van der Waals surface area contributed by atoms with Gasteiger partial charge in [-0.15, -0.1) is 0 Å². The predicted octanol–water partition coefficient (Wildman–Crippen LogP) is 3.39. The second-order valence-electron chi connectivity index (χ2n) is 5.29. The van der Waals surface area contributed by atoms with Crippen LogP contribution in [0.4, 0.5) is 5.95 Å². The van der Waals surface area contributed by atoms with Gasteiger partial charge in [0.2, 0.25) is 5.95 Å². The molecule has 0 amide bonds. The fraction of sp³-hybridized carbons (Fsp3) is 0.357. The highest BCUT2D eigenvalue weighted by Gasteiger charge is 2.14. The first-order chi connectivity index (χ1) is 7.96. The van der Waals surface area contributed by atoms with Gasteiger partial charge in [-0.3, -0.25) is 4.57 Å². The number of aryl methyl sites for hydroxylation is 1. The zero-order chi connectivity index (χ0) is 12.5. The van der Waals surface area contributed by atoms with E-state index in [0.29, 0.717) is 0 Å². The molecule has 0 aliphatic heterocycles. The van der Waals surface area contributed by atoms with Crippen molar-refractivity contribution in [2.24, 2.45) is 0 Å². The van der Waals surface area contributed by atoms with Crippen LogP contribution in [-0.4, -0.2) is 15.1 Å². The summed E-state index contributed by atoms with van der Waals surface area (Å²) in [6.45, 7) is 8.40. The molecule has 0 bridgehead atoms. The lowest BCUT2D eigenvalue weighted by molar-refractivity contribution is 0.624. The van der Waals surface area contributed by atoms with Crippen molar-refractivity contribution in [3.63, 3.8) is 0 Å².